The van der Waals surface area contributed by atoms with Gasteiger partial charge in [0, 0.05) is 13.1 Å². The second-order valence-corrected chi connectivity index (χ2v) is 5.78. The number of nitrogens with one attached hydrogen (secondary N) is 2. The van der Waals surface area contributed by atoms with Crippen molar-refractivity contribution >= 4 is 11.7 Å². The first-order valence-electron chi connectivity index (χ1n) is 7.15. The van der Waals surface area contributed by atoms with Crippen LogP contribution in [0.5, 0.6) is 0 Å². The highest BCUT2D eigenvalue weighted by Crippen LogP contribution is 2.29. The second kappa shape index (κ2) is 6.20. The van der Waals surface area contributed by atoms with E-state index in [9.17, 15) is 9.18 Å². The quantitative estimate of drug-likeness (QED) is 0.894. The average molecular weight is 279 g/mol. The number of rotatable bonds is 3. The Kier molecular flexibility index (Phi) is 4.57. The highest BCUT2D eigenvalue weighted by atomic mass is 19.1. The molecule has 20 heavy (non-hydrogen) atoms. The van der Waals surface area contributed by atoms with Gasteiger partial charge in [0.25, 0.3) is 5.91 Å². The van der Waals surface area contributed by atoms with Crippen LogP contribution in [0.4, 0.5) is 10.2 Å². The third kappa shape index (κ3) is 3.26. The lowest BCUT2D eigenvalue weighted by molar-refractivity contribution is 0.0899. The van der Waals surface area contributed by atoms with Gasteiger partial charge in [-0.05, 0) is 37.2 Å². The largest absolute Gasteiger partial charge is 0.372 e. The predicted molar refractivity (Wildman–Crippen MR) is 77.2 cm³/mol. The minimum absolute atomic E-state index is 0.159. The minimum atomic E-state index is -0.500. The fourth-order valence-corrected chi connectivity index (χ4v) is 2.94. The molecule has 1 aliphatic carbocycles. The Morgan fingerprint density at radius 3 is 2.80 bits per heavy atom. The molecule has 3 unspecified atom stereocenters. The molecule has 1 heterocycles. The van der Waals surface area contributed by atoms with Gasteiger partial charge in [0.1, 0.15) is 11.6 Å². The van der Waals surface area contributed by atoms with E-state index in [1.165, 1.54) is 6.07 Å². The number of hydrogen-bond acceptors (Lipinski definition) is 3. The number of amides is 1. The lowest BCUT2D eigenvalue weighted by Crippen LogP contribution is -2.42. The van der Waals surface area contributed by atoms with Gasteiger partial charge in [-0.2, -0.15) is 0 Å². The zero-order valence-corrected chi connectivity index (χ0v) is 12.2. The van der Waals surface area contributed by atoms with Gasteiger partial charge in [-0.3, -0.25) is 4.79 Å². The van der Waals surface area contributed by atoms with E-state index in [0.29, 0.717) is 17.7 Å². The van der Waals surface area contributed by atoms with E-state index < -0.39 is 5.82 Å². The number of halogens is 1. The van der Waals surface area contributed by atoms with Crippen LogP contribution < -0.4 is 10.6 Å². The summed E-state index contributed by atoms with van der Waals surface area (Å²) in [4.78, 5) is 16.2. The Labute approximate surface area is 119 Å². The van der Waals surface area contributed by atoms with Gasteiger partial charge in [-0.25, -0.2) is 9.37 Å². The third-order valence-corrected chi connectivity index (χ3v) is 4.08. The zero-order chi connectivity index (χ0) is 14.7. The molecule has 3 atom stereocenters. The molecule has 0 aromatic carbocycles. The second-order valence-electron chi connectivity index (χ2n) is 5.78. The summed E-state index contributed by atoms with van der Waals surface area (Å²) in [6.45, 7) is 4.40. The first-order valence-corrected chi connectivity index (χ1v) is 7.15. The van der Waals surface area contributed by atoms with Gasteiger partial charge in [-0.15, -0.1) is 0 Å². The van der Waals surface area contributed by atoms with Crippen molar-refractivity contribution in [2.75, 3.05) is 12.4 Å². The topological polar surface area (TPSA) is 54.0 Å². The Balaban J connectivity index is 2.10. The van der Waals surface area contributed by atoms with Crippen LogP contribution in [0, 0.1) is 17.7 Å². The molecule has 4 nitrogen and oxygen atoms in total. The maximum Gasteiger partial charge on any atom is 0.255 e. The van der Waals surface area contributed by atoms with E-state index in [2.05, 4.69) is 29.5 Å². The molecule has 2 N–H and O–H groups in total. The standard InChI is InChI=1S/C15H22FN3O/c1-9-4-5-13(10(2)6-9)19-15(20)12-7-11(16)8-18-14(12)17-3/h7-10,13H,4-6H2,1-3H3,(H,17,18)(H,19,20). The Morgan fingerprint density at radius 1 is 1.40 bits per heavy atom. The Hall–Kier alpha value is -1.65. The number of hydrogen-bond donors (Lipinski definition) is 2. The fraction of sp³-hybridized carbons (Fsp3) is 0.600. The number of nitrogens with zero attached hydrogens (tertiary/aromatic N) is 1. The molecule has 1 amide bonds. The summed E-state index contributed by atoms with van der Waals surface area (Å²) in [6.07, 6.45) is 4.32. The predicted octanol–water partition coefficient (Wildman–Crippen LogP) is 2.82. The number of carbonyl (C=O) groups excluding carboxylic acids is 1. The van der Waals surface area contributed by atoms with E-state index in [-0.39, 0.29) is 17.5 Å². The van der Waals surface area contributed by atoms with Crippen LogP contribution in [-0.2, 0) is 0 Å². The average Bonchev–Trinajstić information content (AvgIpc) is 2.41. The summed E-state index contributed by atoms with van der Waals surface area (Å²) in [5.74, 6) is 0.803. The van der Waals surface area contributed by atoms with Gasteiger partial charge >= 0.3 is 0 Å². The van der Waals surface area contributed by atoms with Crippen LogP contribution >= 0.6 is 0 Å². The van der Waals surface area contributed by atoms with Crippen molar-refractivity contribution in [1.82, 2.24) is 10.3 Å². The molecule has 0 spiro atoms. The molecule has 1 fully saturated rings. The van der Waals surface area contributed by atoms with E-state index in [1.807, 2.05) is 0 Å². The molecule has 0 saturated heterocycles. The molecular formula is C15H22FN3O. The summed E-state index contributed by atoms with van der Waals surface area (Å²) >= 11 is 0. The number of aromatic nitrogens is 1. The number of anilines is 1. The molecule has 110 valence electrons. The van der Waals surface area contributed by atoms with Crippen molar-refractivity contribution in [3.8, 4) is 0 Å². The normalized spacial score (nSPS) is 26.1. The van der Waals surface area contributed by atoms with E-state index >= 15 is 0 Å². The number of carbonyl (C=O) groups is 1. The van der Waals surface area contributed by atoms with Crippen LogP contribution in [0.3, 0.4) is 0 Å². The molecule has 0 radical (unpaired) electrons. The molecule has 1 saturated carbocycles. The van der Waals surface area contributed by atoms with Gasteiger partial charge in [0.05, 0.1) is 11.8 Å². The van der Waals surface area contributed by atoms with Crippen LogP contribution in [0.2, 0.25) is 0 Å². The maximum absolute atomic E-state index is 13.3. The highest BCUT2D eigenvalue weighted by molar-refractivity contribution is 5.98. The lowest BCUT2D eigenvalue weighted by Gasteiger charge is -2.33. The summed E-state index contributed by atoms with van der Waals surface area (Å²) in [7, 11) is 1.67. The Morgan fingerprint density at radius 2 is 2.15 bits per heavy atom. The van der Waals surface area contributed by atoms with E-state index in [1.54, 1.807) is 7.05 Å². The summed E-state index contributed by atoms with van der Waals surface area (Å²) in [5.41, 5.74) is 0.262. The van der Waals surface area contributed by atoms with Crippen LogP contribution in [0.1, 0.15) is 43.5 Å². The van der Waals surface area contributed by atoms with E-state index in [0.717, 1.165) is 25.5 Å². The van der Waals surface area contributed by atoms with Gasteiger partial charge < -0.3 is 10.6 Å². The van der Waals surface area contributed by atoms with Crippen LogP contribution in [-0.4, -0.2) is 24.0 Å². The smallest absolute Gasteiger partial charge is 0.255 e. The summed E-state index contributed by atoms with van der Waals surface area (Å²) < 4.78 is 13.3. The van der Waals surface area contributed by atoms with Crippen LogP contribution in [0.15, 0.2) is 12.3 Å². The van der Waals surface area contributed by atoms with Crippen molar-refractivity contribution in [2.24, 2.45) is 11.8 Å². The van der Waals surface area contributed by atoms with Crippen LogP contribution in [0.25, 0.3) is 0 Å². The maximum atomic E-state index is 13.3. The third-order valence-electron chi connectivity index (χ3n) is 4.08. The SMILES string of the molecule is CNc1ncc(F)cc1C(=O)NC1CCC(C)CC1C. The monoisotopic (exact) mass is 279 g/mol. The van der Waals surface area contributed by atoms with Crippen molar-refractivity contribution < 1.29 is 9.18 Å². The van der Waals surface area contributed by atoms with Crippen molar-refractivity contribution in [2.45, 2.75) is 39.2 Å². The van der Waals surface area contributed by atoms with Gasteiger partial charge in [0.15, 0.2) is 0 Å². The van der Waals surface area contributed by atoms with Crippen molar-refractivity contribution in [1.29, 1.82) is 0 Å². The first kappa shape index (κ1) is 14.8. The molecule has 5 heteroatoms. The molecule has 1 aromatic rings. The van der Waals surface area contributed by atoms with Crippen molar-refractivity contribution in [3.63, 3.8) is 0 Å². The zero-order valence-electron chi connectivity index (χ0n) is 12.2. The molecule has 1 aromatic heterocycles. The van der Waals surface area contributed by atoms with Gasteiger partial charge in [-0.1, -0.05) is 13.8 Å². The first-order chi connectivity index (χ1) is 9.51. The Bertz CT molecular complexity index is 492. The number of pyridine rings is 1. The lowest BCUT2D eigenvalue weighted by atomic mass is 9.80. The van der Waals surface area contributed by atoms with E-state index in [4.69, 9.17) is 0 Å². The molecule has 2 rings (SSSR count). The molecule has 1 aliphatic rings. The minimum Gasteiger partial charge on any atom is -0.372 e. The fourth-order valence-electron chi connectivity index (χ4n) is 2.94. The highest BCUT2D eigenvalue weighted by Gasteiger charge is 2.27. The molecular weight excluding hydrogens is 257 g/mol. The van der Waals surface area contributed by atoms with Gasteiger partial charge in [0.2, 0.25) is 0 Å². The van der Waals surface area contributed by atoms with Crippen molar-refractivity contribution in [3.05, 3.63) is 23.6 Å². The molecule has 0 bridgehead atoms. The summed E-state index contributed by atoms with van der Waals surface area (Å²) in [5, 5.41) is 5.84. The summed E-state index contributed by atoms with van der Waals surface area (Å²) in [6, 6.07) is 1.39. The molecule has 0 aliphatic heterocycles.